The predicted octanol–water partition coefficient (Wildman–Crippen LogP) is 3.49. The summed E-state index contributed by atoms with van der Waals surface area (Å²) in [4.78, 5) is 9.41. The lowest BCUT2D eigenvalue weighted by molar-refractivity contribution is -0.136. The lowest BCUT2D eigenvalue weighted by Gasteiger charge is -2.32. The van der Waals surface area contributed by atoms with Gasteiger partial charge < -0.3 is 14.3 Å². The highest BCUT2D eigenvalue weighted by atomic mass is 19.4. The Hall–Kier alpha value is -3.37. The van der Waals surface area contributed by atoms with E-state index in [4.69, 9.17) is 4.42 Å². The van der Waals surface area contributed by atoms with Gasteiger partial charge in [0.25, 0.3) is 0 Å². The molecule has 6 rings (SSSR count). The third-order valence-corrected chi connectivity index (χ3v) is 5.63. The Morgan fingerprint density at radius 2 is 2.07 bits per heavy atom. The smallest absolute Gasteiger partial charge is 0.408 e. The molecule has 1 N–H and O–H groups in total. The number of hydrogen-bond donors (Lipinski definition) is 1. The van der Waals surface area contributed by atoms with Crippen LogP contribution in [0, 0.1) is 0 Å². The first-order valence-corrected chi connectivity index (χ1v) is 9.67. The molecule has 0 bridgehead atoms. The van der Waals surface area contributed by atoms with E-state index in [1.165, 1.54) is 22.8 Å². The van der Waals surface area contributed by atoms with E-state index in [0.717, 1.165) is 24.6 Å². The van der Waals surface area contributed by atoms with Gasteiger partial charge in [-0.15, -0.1) is 5.10 Å². The number of nitrogens with one attached hydrogen (secondary N) is 1. The first kappa shape index (κ1) is 17.5. The van der Waals surface area contributed by atoms with E-state index in [2.05, 4.69) is 25.3 Å². The monoisotopic (exact) mass is 415 g/mol. The SMILES string of the molecule is FC(F)(F)c1cccn2nc([C@@H]3c4nc[nH]c4CCN3c3nnc(C4CC4)o3)cc12. The molecule has 4 aromatic heterocycles. The van der Waals surface area contributed by atoms with Crippen molar-refractivity contribution in [2.24, 2.45) is 0 Å². The van der Waals surface area contributed by atoms with Crippen LogP contribution < -0.4 is 4.90 Å². The predicted molar refractivity (Wildman–Crippen MR) is 97.9 cm³/mol. The molecule has 5 heterocycles. The number of aromatic amines is 1. The number of fused-ring (bicyclic) bond motifs is 2. The summed E-state index contributed by atoms with van der Waals surface area (Å²) in [5.74, 6) is 0.908. The van der Waals surface area contributed by atoms with Crippen molar-refractivity contribution in [1.82, 2.24) is 29.8 Å². The van der Waals surface area contributed by atoms with E-state index in [0.29, 0.717) is 42.2 Å². The number of H-pyrrole nitrogens is 1. The lowest BCUT2D eigenvalue weighted by Crippen LogP contribution is -2.36. The molecule has 1 fully saturated rings. The molecule has 0 aromatic carbocycles. The number of rotatable bonds is 3. The molecule has 1 atom stereocenters. The van der Waals surface area contributed by atoms with Crippen LogP contribution in [0.2, 0.25) is 0 Å². The minimum Gasteiger partial charge on any atom is -0.408 e. The number of halogens is 3. The standard InChI is InChI=1S/C19H16F3N7O/c20-19(21,22)11-2-1-6-29-14(11)8-13(27-29)16-15-12(23-9-24-15)5-7-28(16)18-26-25-17(30-18)10-3-4-10/h1-2,6,8-10,16H,3-5,7H2,(H,23,24)/t16-/m1/s1. The summed E-state index contributed by atoms with van der Waals surface area (Å²) in [5, 5.41) is 12.8. The summed E-state index contributed by atoms with van der Waals surface area (Å²) in [6, 6.07) is 3.66. The normalized spacial score (nSPS) is 19.4. The molecule has 11 heteroatoms. The van der Waals surface area contributed by atoms with Crippen molar-refractivity contribution in [1.29, 1.82) is 0 Å². The quantitative estimate of drug-likeness (QED) is 0.551. The van der Waals surface area contributed by atoms with Crippen molar-refractivity contribution in [2.75, 3.05) is 11.4 Å². The summed E-state index contributed by atoms with van der Waals surface area (Å²) in [6.07, 6.45) is 1.35. The maximum absolute atomic E-state index is 13.5. The Bertz CT molecular complexity index is 1240. The van der Waals surface area contributed by atoms with Crippen LogP contribution >= 0.6 is 0 Å². The van der Waals surface area contributed by atoms with Gasteiger partial charge >= 0.3 is 12.2 Å². The number of alkyl halides is 3. The van der Waals surface area contributed by atoms with Crippen LogP contribution in [-0.2, 0) is 12.6 Å². The van der Waals surface area contributed by atoms with Crippen molar-refractivity contribution in [3.8, 4) is 0 Å². The number of imidazole rings is 1. The molecule has 0 radical (unpaired) electrons. The fourth-order valence-electron chi connectivity index (χ4n) is 4.03. The van der Waals surface area contributed by atoms with Gasteiger partial charge in [0, 0.05) is 30.8 Å². The van der Waals surface area contributed by atoms with Crippen LogP contribution in [0.4, 0.5) is 19.2 Å². The largest absolute Gasteiger partial charge is 0.418 e. The molecule has 2 aliphatic rings. The highest BCUT2D eigenvalue weighted by Crippen LogP contribution is 2.42. The Morgan fingerprint density at radius 3 is 2.87 bits per heavy atom. The highest BCUT2D eigenvalue weighted by molar-refractivity contribution is 5.58. The molecular formula is C19H16F3N7O. The molecule has 30 heavy (non-hydrogen) atoms. The molecule has 8 nitrogen and oxygen atoms in total. The van der Waals surface area contributed by atoms with Crippen molar-refractivity contribution < 1.29 is 17.6 Å². The molecule has 1 aliphatic carbocycles. The first-order valence-electron chi connectivity index (χ1n) is 9.67. The minimum atomic E-state index is -4.48. The second-order valence-electron chi connectivity index (χ2n) is 7.63. The van der Waals surface area contributed by atoms with Crippen LogP contribution in [0.3, 0.4) is 0 Å². The minimum absolute atomic E-state index is 0.00759. The molecule has 1 saturated carbocycles. The molecule has 1 aliphatic heterocycles. The lowest BCUT2D eigenvalue weighted by atomic mass is 10.00. The van der Waals surface area contributed by atoms with Gasteiger partial charge in [0.15, 0.2) is 0 Å². The Balaban J connectivity index is 1.49. The van der Waals surface area contributed by atoms with Gasteiger partial charge in [0.2, 0.25) is 5.89 Å². The zero-order chi connectivity index (χ0) is 20.5. The highest BCUT2D eigenvalue weighted by Gasteiger charge is 2.39. The fourth-order valence-corrected chi connectivity index (χ4v) is 4.03. The van der Waals surface area contributed by atoms with Gasteiger partial charge in [0.1, 0.15) is 6.04 Å². The van der Waals surface area contributed by atoms with Crippen LogP contribution in [-0.4, -0.2) is 36.3 Å². The van der Waals surface area contributed by atoms with Gasteiger partial charge in [0.05, 0.1) is 28.8 Å². The molecule has 0 amide bonds. The van der Waals surface area contributed by atoms with E-state index in [9.17, 15) is 13.2 Å². The van der Waals surface area contributed by atoms with E-state index >= 15 is 0 Å². The summed E-state index contributed by atoms with van der Waals surface area (Å²) >= 11 is 0. The van der Waals surface area contributed by atoms with Crippen molar-refractivity contribution in [3.05, 3.63) is 59.3 Å². The van der Waals surface area contributed by atoms with Gasteiger partial charge in [-0.25, -0.2) is 9.50 Å². The average Bonchev–Trinajstić information content (AvgIpc) is 3.13. The van der Waals surface area contributed by atoms with E-state index in [1.807, 2.05) is 4.90 Å². The van der Waals surface area contributed by atoms with Crippen LogP contribution in [0.1, 0.15) is 53.3 Å². The molecule has 0 saturated heterocycles. The summed E-state index contributed by atoms with van der Waals surface area (Å²) in [7, 11) is 0. The van der Waals surface area contributed by atoms with Crippen LogP contribution in [0.15, 0.2) is 35.1 Å². The van der Waals surface area contributed by atoms with E-state index in [1.54, 1.807) is 6.33 Å². The number of aromatic nitrogens is 6. The third-order valence-electron chi connectivity index (χ3n) is 5.63. The number of nitrogens with zero attached hydrogens (tertiary/aromatic N) is 6. The average molecular weight is 415 g/mol. The summed E-state index contributed by atoms with van der Waals surface area (Å²) in [5.41, 5.74) is 1.32. The third kappa shape index (κ3) is 2.68. The number of hydrogen-bond acceptors (Lipinski definition) is 6. The molecular weight excluding hydrogens is 399 g/mol. The van der Waals surface area contributed by atoms with Gasteiger partial charge in [-0.3, -0.25) is 0 Å². The fraction of sp³-hybridized carbons (Fsp3) is 0.368. The maximum atomic E-state index is 13.5. The van der Waals surface area contributed by atoms with Crippen LogP contribution in [0.5, 0.6) is 0 Å². The van der Waals surface area contributed by atoms with Crippen LogP contribution in [0.25, 0.3) is 5.52 Å². The zero-order valence-corrected chi connectivity index (χ0v) is 15.6. The summed E-state index contributed by atoms with van der Waals surface area (Å²) in [6.45, 7) is 0.548. The van der Waals surface area contributed by atoms with Crippen molar-refractivity contribution in [2.45, 2.75) is 37.4 Å². The Labute approximate surface area is 167 Å². The van der Waals surface area contributed by atoms with Crippen molar-refractivity contribution >= 4 is 11.5 Å². The Morgan fingerprint density at radius 1 is 1.20 bits per heavy atom. The topological polar surface area (TPSA) is 88.1 Å². The van der Waals surface area contributed by atoms with E-state index < -0.39 is 17.8 Å². The van der Waals surface area contributed by atoms with Gasteiger partial charge in [-0.05, 0) is 31.0 Å². The summed E-state index contributed by atoms with van der Waals surface area (Å²) < 4.78 is 47.6. The molecule has 4 aromatic rings. The molecule has 0 unspecified atom stereocenters. The van der Waals surface area contributed by atoms with Crippen molar-refractivity contribution in [3.63, 3.8) is 0 Å². The number of pyridine rings is 1. The first-order chi connectivity index (χ1) is 14.5. The maximum Gasteiger partial charge on any atom is 0.418 e. The molecule has 154 valence electrons. The van der Waals surface area contributed by atoms with E-state index in [-0.39, 0.29) is 5.52 Å². The zero-order valence-electron chi connectivity index (χ0n) is 15.6. The number of anilines is 1. The van der Waals surface area contributed by atoms with Gasteiger partial charge in [-0.1, -0.05) is 5.10 Å². The molecule has 0 spiro atoms. The van der Waals surface area contributed by atoms with Gasteiger partial charge in [-0.2, -0.15) is 18.3 Å². The Kier molecular flexibility index (Phi) is 3.54. The second-order valence-corrected chi connectivity index (χ2v) is 7.63. The second kappa shape index (κ2) is 6.07.